The summed E-state index contributed by atoms with van der Waals surface area (Å²) >= 11 is 5.66. The van der Waals surface area contributed by atoms with Gasteiger partial charge in [0, 0.05) is 23.9 Å². The summed E-state index contributed by atoms with van der Waals surface area (Å²) in [5.41, 5.74) is 0.716. The van der Waals surface area contributed by atoms with Crippen LogP contribution in [0, 0.1) is 5.41 Å². The molecule has 6 heteroatoms. The van der Waals surface area contributed by atoms with Crippen LogP contribution in [-0.4, -0.2) is 32.1 Å². The van der Waals surface area contributed by atoms with E-state index in [2.05, 4.69) is 4.72 Å². The first-order chi connectivity index (χ1) is 10.4. The highest BCUT2D eigenvalue weighted by atomic mass is 35.5. The number of aryl methyl sites for hydroxylation is 1. The van der Waals surface area contributed by atoms with E-state index in [1.807, 2.05) is 19.1 Å². The van der Waals surface area contributed by atoms with E-state index in [0.29, 0.717) is 5.88 Å². The number of aliphatic hydroxyl groups excluding tert-OH is 1. The highest BCUT2D eigenvalue weighted by Crippen LogP contribution is 2.38. The van der Waals surface area contributed by atoms with Crippen molar-refractivity contribution < 1.29 is 13.5 Å². The van der Waals surface area contributed by atoms with Crippen LogP contribution in [0.15, 0.2) is 29.2 Å². The summed E-state index contributed by atoms with van der Waals surface area (Å²) < 4.78 is 27.8. The van der Waals surface area contributed by atoms with E-state index in [4.69, 9.17) is 11.6 Å². The minimum Gasteiger partial charge on any atom is -0.396 e. The van der Waals surface area contributed by atoms with Crippen molar-refractivity contribution in [2.24, 2.45) is 5.41 Å². The molecule has 0 amide bonds. The monoisotopic (exact) mass is 345 g/mol. The molecule has 2 N–H and O–H groups in total. The van der Waals surface area contributed by atoms with Gasteiger partial charge >= 0.3 is 0 Å². The van der Waals surface area contributed by atoms with Gasteiger partial charge in [-0.2, -0.15) is 0 Å². The summed E-state index contributed by atoms with van der Waals surface area (Å²) in [6, 6.07) is 6.73. The van der Waals surface area contributed by atoms with Crippen molar-refractivity contribution in [2.45, 2.75) is 50.0 Å². The zero-order chi connectivity index (χ0) is 16.2. The van der Waals surface area contributed by atoms with Crippen LogP contribution in [0.1, 0.15) is 38.2 Å². The van der Waals surface area contributed by atoms with Gasteiger partial charge in [-0.25, -0.2) is 13.1 Å². The van der Waals surface area contributed by atoms with Crippen molar-refractivity contribution >= 4 is 21.6 Å². The largest absolute Gasteiger partial charge is 0.396 e. The molecule has 4 nitrogen and oxygen atoms in total. The van der Waals surface area contributed by atoms with E-state index in [1.54, 1.807) is 12.1 Å². The lowest BCUT2D eigenvalue weighted by Gasteiger charge is -2.29. The Morgan fingerprint density at radius 3 is 2.64 bits per heavy atom. The highest BCUT2D eigenvalue weighted by Gasteiger charge is 2.40. The Bertz CT molecular complexity index is 588. The minimum atomic E-state index is -3.55. The summed E-state index contributed by atoms with van der Waals surface area (Å²) in [7, 11) is -3.55. The number of alkyl halides is 1. The average molecular weight is 346 g/mol. The topological polar surface area (TPSA) is 66.4 Å². The second kappa shape index (κ2) is 7.30. The van der Waals surface area contributed by atoms with Crippen molar-refractivity contribution in [3.8, 4) is 0 Å². The number of benzene rings is 1. The molecule has 0 aromatic heterocycles. The smallest absolute Gasteiger partial charge is 0.240 e. The first-order valence-corrected chi connectivity index (χ1v) is 9.71. The molecular weight excluding hydrogens is 322 g/mol. The zero-order valence-electron chi connectivity index (χ0n) is 12.9. The van der Waals surface area contributed by atoms with Crippen LogP contribution in [0.25, 0.3) is 0 Å². The lowest BCUT2D eigenvalue weighted by atomic mass is 9.86. The fourth-order valence-corrected chi connectivity index (χ4v) is 4.53. The molecule has 0 saturated heterocycles. The minimum absolute atomic E-state index is 0.00243. The number of hydrogen-bond acceptors (Lipinski definition) is 3. The van der Waals surface area contributed by atoms with Crippen molar-refractivity contribution in [1.82, 2.24) is 4.72 Å². The molecule has 1 aliphatic rings. The number of halogens is 1. The highest BCUT2D eigenvalue weighted by molar-refractivity contribution is 7.89. The Kier molecular flexibility index (Phi) is 5.88. The van der Waals surface area contributed by atoms with Crippen LogP contribution in [0.5, 0.6) is 0 Å². The second-order valence-electron chi connectivity index (χ2n) is 6.31. The molecule has 1 aliphatic carbocycles. The van der Waals surface area contributed by atoms with Gasteiger partial charge < -0.3 is 5.11 Å². The molecule has 0 aliphatic heterocycles. The van der Waals surface area contributed by atoms with Crippen molar-refractivity contribution in [1.29, 1.82) is 0 Å². The van der Waals surface area contributed by atoms with Crippen molar-refractivity contribution in [3.63, 3.8) is 0 Å². The first kappa shape index (κ1) is 17.7. The molecule has 0 heterocycles. The fourth-order valence-electron chi connectivity index (χ4n) is 2.98. The van der Waals surface area contributed by atoms with E-state index >= 15 is 0 Å². The van der Waals surface area contributed by atoms with Crippen LogP contribution >= 0.6 is 11.6 Å². The van der Waals surface area contributed by atoms with Gasteiger partial charge in [0.05, 0.1) is 4.90 Å². The summed E-state index contributed by atoms with van der Waals surface area (Å²) in [4.78, 5) is 0.273. The van der Waals surface area contributed by atoms with E-state index in [9.17, 15) is 13.5 Å². The Morgan fingerprint density at radius 1 is 1.36 bits per heavy atom. The number of nitrogens with one attached hydrogen (secondary N) is 1. The van der Waals surface area contributed by atoms with Gasteiger partial charge in [-0.15, -0.1) is 11.6 Å². The SMILES string of the molecule is CC1(CO)CCCC1NS(=O)(=O)c1ccc(CCCCl)cc1. The number of rotatable bonds is 7. The van der Waals surface area contributed by atoms with Crippen molar-refractivity contribution in [2.75, 3.05) is 12.5 Å². The number of aliphatic hydroxyl groups is 1. The van der Waals surface area contributed by atoms with Gasteiger partial charge in [-0.05, 0) is 43.4 Å². The number of sulfonamides is 1. The summed E-state index contributed by atoms with van der Waals surface area (Å²) in [5.74, 6) is 0.600. The molecule has 0 radical (unpaired) electrons. The summed E-state index contributed by atoms with van der Waals surface area (Å²) in [6.07, 6.45) is 4.27. The molecule has 1 aromatic carbocycles. The van der Waals surface area contributed by atoms with Crippen LogP contribution in [0.3, 0.4) is 0 Å². The van der Waals surface area contributed by atoms with Gasteiger partial charge in [0.2, 0.25) is 10.0 Å². The van der Waals surface area contributed by atoms with Crippen LogP contribution in [0.2, 0.25) is 0 Å². The molecule has 2 atom stereocenters. The average Bonchev–Trinajstić information content (AvgIpc) is 2.86. The quantitative estimate of drug-likeness (QED) is 0.747. The van der Waals surface area contributed by atoms with E-state index in [1.165, 1.54) is 0 Å². The molecule has 1 saturated carbocycles. The van der Waals surface area contributed by atoms with Crippen molar-refractivity contribution in [3.05, 3.63) is 29.8 Å². The van der Waals surface area contributed by atoms with Gasteiger partial charge in [-0.3, -0.25) is 0 Å². The fraction of sp³-hybridized carbons (Fsp3) is 0.625. The molecule has 124 valence electrons. The lowest BCUT2D eigenvalue weighted by molar-refractivity contribution is 0.127. The third kappa shape index (κ3) is 4.02. The van der Waals surface area contributed by atoms with Gasteiger partial charge in [0.15, 0.2) is 0 Å². The van der Waals surface area contributed by atoms with E-state index in [-0.39, 0.29) is 23.0 Å². The normalized spacial score (nSPS) is 25.5. The van der Waals surface area contributed by atoms with Crippen LogP contribution in [0.4, 0.5) is 0 Å². The molecule has 1 aromatic rings. The maximum atomic E-state index is 12.5. The predicted octanol–water partition coefficient (Wildman–Crippen LogP) is 2.69. The maximum absolute atomic E-state index is 12.5. The Labute approximate surface area is 137 Å². The third-order valence-electron chi connectivity index (χ3n) is 4.57. The van der Waals surface area contributed by atoms with Gasteiger partial charge in [0.25, 0.3) is 0 Å². The Balaban J connectivity index is 2.10. The second-order valence-corrected chi connectivity index (χ2v) is 8.41. The Morgan fingerprint density at radius 2 is 2.05 bits per heavy atom. The van der Waals surface area contributed by atoms with E-state index < -0.39 is 10.0 Å². The molecule has 0 bridgehead atoms. The van der Waals surface area contributed by atoms with E-state index in [0.717, 1.165) is 37.7 Å². The predicted molar refractivity (Wildman–Crippen MR) is 88.6 cm³/mol. The molecule has 2 rings (SSSR count). The summed E-state index contributed by atoms with van der Waals surface area (Å²) in [6.45, 7) is 1.93. The van der Waals surface area contributed by atoms with Gasteiger partial charge in [0.1, 0.15) is 0 Å². The maximum Gasteiger partial charge on any atom is 0.240 e. The first-order valence-electron chi connectivity index (χ1n) is 7.69. The van der Waals surface area contributed by atoms with Crippen LogP contribution < -0.4 is 4.72 Å². The molecule has 22 heavy (non-hydrogen) atoms. The molecular formula is C16H24ClNO3S. The third-order valence-corrected chi connectivity index (χ3v) is 6.33. The van der Waals surface area contributed by atoms with Crippen LogP contribution in [-0.2, 0) is 16.4 Å². The zero-order valence-corrected chi connectivity index (χ0v) is 14.5. The Hall–Kier alpha value is -0.620. The van der Waals surface area contributed by atoms with Gasteiger partial charge in [-0.1, -0.05) is 25.5 Å². The molecule has 0 spiro atoms. The number of hydrogen-bond donors (Lipinski definition) is 2. The molecule has 1 fully saturated rings. The molecule has 2 unspecified atom stereocenters. The summed E-state index contributed by atoms with van der Waals surface area (Å²) in [5, 5.41) is 9.54. The lowest BCUT2D eigenvalue weighted by Crippen LogP contribution is -2.44. The standard InChI is InChI=1S/C16H24ClNO3S/c1-16(12-19)10-2-5-15(16)18-22(20,21)14-8-6-13(7-9-14)4-3-11-17/h6-9,15,18-19H,2-5,10-12H2,1H3.